The maximum Gasteiger partial charge on any atom is 0.171 e. The van der Waals surface area contributed by atoms with E-state index in [1.807, 2.05) is 66.7 Å². The van der Waals surface area contributed by atoms with E-state index in [4.69, 9.17) is 10.5 Å². The number of pyridine rings is 1. The Kier molecular flexibility index (Phi) is 5.51. The minimum Gasteiger partial charge on any atom is -0.488 e. The third-order valence-corrected chi connectivity index (χ3v) is 3.45. The molecular formula is C20H18N4O. The molecule has 2 aromatic carbocycles. The minimum atomic E-state index is 0.263. The topological polar surface area (TPSA) is 72.9 Å². The van der Waals surface area contributed by atoms with E-state index in [9.17, 15) is 0 Å². The van der Waals surface area contributed by atoms with Gasteiger partial charge in [0.1, 0.15) is 18.1 Å². The number of nitrogens with two attached hydrogens (primary N) is 1. The minimum absolute atomic E-state index is 0.263. The number of hydrogen-bond donors (Lipinski definition) is 1. The van der Waals surface area contributed by atoms with Gasteiger partial charge in [0.05, 0.1) is 6.21 Å². The summed E-state index contributed by atoms with van der Waals surface area (Å²) in [6.45, 7) is 0.491. The fraction of sp³-hybridized carbons (Fsp3) is 0.0500. The van der Waals surface area contributed by atoms with Crippen molar-refractivity contribution in [2.45, 2.75) is 6.61 Å². The molecule has 1 aromatic heterocycles. The van der Waals surface area contributed by atoms with E-state index in [1.54, 1.807) is 18.5 Å². The number of hydrogen-bond acceptors (Lipinski definition) is 4. The summed E-state index contributed by atoms with van der Waals surface area (Å²) in [5.41, 5.74) is 8.40. The van der Waals surface area contributed by atoms with E-state index in [0.29, 0.717) is 12.3 Å². The first-order chi connectivity index (χ1) is 12.3. The van der Waals surface area contributed by atoms with Crippen LogP contribution in [0.3, 0.4) is 0 Å². The van der Waals surface area contributed by atoms with Crippen molar-refractivity contribution in [1.82, 2.24) is 4.98 Å². The first-order valence-corrected chi connectivity index (χ1v) is 7.86. The average molecular weight is 330 g/mol. The molecule has 0 aliphatic rings. The number of ether oxygens (including phenoxy) is 1. The molecular weight excluding hydrogens is 312 g/mol. The average Bonchev–Trinajstić information content (AvgIpc) is 2.68. The molecule has 5 heteroatoms. The lowest BCUT2D eigenvalue weighted by Crippen LogP contribution is -2.14. The van der Waals surface area contributed by atoms with Crippen molar-refractivity contribution in [2.24, 2.45) is 15.9 Å². The zero-order valence-electron chi connectivity index (χ0n) is 13.6. The van der Waals surface area contributed by atoms with Gasteiger partial charge in [-0.2, -0.15) is 5.10 Å². The molecule has 0 atom stereocenters. The van der Waals surface area contributed by atoms with Crippen LogP contribution >= 0.6 is 0 Å². The van der Waals surface area contributed by atoms with Gasteiger partial charge in [0, 0.05) is 11.8 Å². The molecule has 0 spiro atoms. The summed E-state index contributed by atoms with van der Waals surface area (Å²) in [5, 5.41) is 8.05. The maximum absolute atomic E-state index is 5.88. The molecule has 0 radical (unpaired) electrons. The monoisotopic (exact) mass is 330 g/mol. The molecule has 25 heavy (non-hydrogen) atoms. The van der Waals surface area contributed by atoms with Crippen LogP contribution < -0.4 is 10.5 Å². The zero-order chi connectivity index (χ0) is 17.3. The van der Waals surface area contributed by atoms with E-state index in [1.165, 1.54) is 0 Å². The molecule has 0 bridgehead atoms. The van der Waals surface area contributed by atoms with Crippen LogP contribution in [0, 0.1) is 0 Å². The molecule has 0 unspecified atom stereocenters. The van der Waals surface area contributed by atoms with Crippen molar-refractivity contribution in [1.29, 1.82) is 0 Å². The number of amidine groups is 1. The molecule has 124 valence electrons. The van der Waals surface area contributed by atoms with Gasteiger partial charge < -0.3 is 10.5 Å². The summed E-state index contributed by atoms with van der Waals surface area (Å²) >= 11 is 0. The second-order valence-electron chi connectivity index (χ2n) is 5.26. The number of benzene rings is 2. The van der Waals surface area contributed by atoms with Crippen molar-refractivity contribution in [3.8, 4) is 5.75 Å². The van der Waals surface area contributed by atoms with Crippen molar-refractivity contribution in [3.63, 3.8) is 0 Å². The fourth-order valence-corrected chi connectivity index (χ4v) is 2.17. The first-order valence-electron chi connectivity index (χ1n) is 7.86. The van der Waals surface area contributed by atoms with E-state index in [-0.39, 0.29) is 5.84 Å². The molecule has 0 saturated heterocycles. The van der Waals surface area contributed by atoms with E-state index in [2.05, 4.69) is 15.2 Å². The Balaban J connectivity index is 1.70. The predicted octanol–water partition coefficient (Wildman–Crippen LogP) is 3.40. The Morgan fingerprint density at radius 2 is 1.72 bits per heavy atom. The van der Waals surface area contributed by atoms with Crippen LogP contribution in [0.25, 0.3) is 0 Å². The van der Waals surface area contributed by atoms with Gasteiger partial charge >= 0.3 is 0 Å². The van der Waals surface area contributed by atoms with Crippen LogP contribution in [0.4, 0.5) is 0 Å². The SMILES string of the molecule is N/C(=N/N=C/c1ccccc1OCc1ccccc1)c1ccccn1. The molecule has 0 aliphatic heterocycles. The summed E-state index contributed by atoms with van der Waals surface area (Å²) in [5.74, 6) is 1.00. The van der Waals surface area contributed by atoms with Crippen LogP contribution in [0.1, 0.15) is 16.8 Å². The third-order valence-electron chi connectivity index (χ3n) is 3.45. The highest BCUT2D eigenvalue weighted by Gasteiger charge is 2.02. The Bertz CT molecular complexity index is 861. The zero-order valence-corrected chi connectivity index (χ0v) is 13.6. The van der Waals surface area contributed by atoms with Gasteiger partial charge in [-0.1, -0.05) is 48.5 Å². The van der Waals surface area contributed by atoms with Gasteiger partial charge in [0.25, 0.3) is 0 Å². The molecule has 0 amide bonds. The summed E-state index contributed by atoms with van der Waals surface area (Å²) in [6.07, 6.45) is 3.28. The highest BCUT2D eigenvalue weighted by molar-refractivity contribution is 5.96. The standard InChI is InChI=1S/C20H18N4O/c21-20(18-11-6-7-13-22-18)24-23-14-17-10-4-5-12-19(17)25-15-16-8-2-1-3-9-16/h1-14H,15H2,(H2,21,24)/b23-14+. The Hall–Kier alpha value is -3.47. The van der Waals surface area contributed by atoms with Gasteiger partial charge in [-0.3, -0.25) is 4.98 Å². The number of aromatic nitrogens is 1. The lowest BCUT2D eigenvalue weighted by Gasteiger charge is -2.08. The van der Waals surface area contributed by atoms with Gasteiger partial charge in [-0.15, -0.1) is 5.10 Å². The molecule has 0 saturated carbocycles. The molecule has 1 heterocycles. The van der Waals surface area contributed by atoms with Gasteiger partial charge in [-0.25, -0.2) is 0 Å². The molecule has 0 fully saturated rings. The van der Waals surface area contributed by atoms with Gasteiger partial charge in [-0.05, 0) is 29.8 Å². The van der Waals surface area contributed by atoms with E-state index < -0.39 is 0 Å². The van der Waals surface area contributed by atoms with Crippen LogP contribution in [0.15, 0.2) is 89.2 Å². The molecule has 5 nitrogen and oxygen atoms in total. The highest BCUT2D eigenvalue weighted by atomic mass is 16.5. The molecule has 3 rings (SSSR count). The lowest BCUT2D eigenvalue weighted by atomic mass is 10.2. The van der Waals surface area contributed by atoms with Gasteiger partial charge in [0.2, 0.25) is 0 Å². The summed E-state index contributed by atoms with van der Waals surface area (Å²) in [6, 6.07) is 23.1. The number of para-hydroxylation sites is 1. The van der Waals surface area contributed by atoms with Crippen molar-refractivity contribution >= 4 is 12.1 Å². The second kappa shape index (κ2) is 8.40. The second-order valence-corrected chi connectivity index (χ2v) is 5.26. The predicted molar refractivity (Wildman–Crippen MR) is 99.8 cm³/mol. The third kappa shape index (κ3) is 4.75. The van der Waals surface area contributed by atoms with Crippen molar-refractivity contribution < 1.29 is 4.74 Å². The molecule has 3 aromatic rings. The smallest absolute Gasteiger partial charge is 0.171 e. The van der Waals surface area contributed by atoms with E-state index >= 15 is 0 Å². The van der Waals surface area contributed by atoms with Crippen molar-refractivity contribution in [3.05, 3.63) is 95.8 Å². The fourth-order valence-electron chi connectivity index (χ4n) is 2.17. The van der Waals surface area contributed by atoms with Crippen LogP contribution in [-0.4, -0.2) is 17.0 Å². The van der Waals surface area contributed by atoms with Crippen LogP contribution in [0.5, 0.6) is 5.75 Å². The van der Waals surface area contributed by atoms with Gasteiger partial charge in [0.15, 0.2) is 5.84 Å². The highest BCUT2D eigenvalue weighted by Crippen LogP contribution is 2.17. The first kappa shape index (κ1) is 16.4. The number of rotatable bonds is 6. The Morgan fingerprint density at radius 3 is 2.52 bits per heavy atom. The maximum atomic E-state index is 5.88. The molecule has 2 N–H and O–H groups in total. The number of nitrogens with zero attached hydrogens (tertiary/aromatic N) is 3. The summed E-state index contributed by atoms with van der Waals surface area (Å²) in [7, 11) is 0. The largest absolute Gasteiger partial charge is 0.488 e. The quantitative estimate of drug-likeness (QED) is 0.428. The Morgan fingerprint density at radius 1 is 0.960 bits per heavy atom. The lowest BCUT2D eigenvalue weighted by molar-refractivity contribution is 0.306. The van der Waals surface area contributed by atoms with Crippen LogP contribution in [-0.2, 0) is 6.61 Å². The van der Waals surface area contributed by atoms with E-state index in [0.717, 1.165) is 16.9 Å². The normalized spacial score (nSPS) is 11.6. The van der Waals surface area contributed by atoms with Crippen molar-refractivity contribution in [2.75, 3.05) is 0 Å². The van der Waals surface area contributed by atoms with Crippen LogP contribution in [0.2, 0.25) is 0 Å². The summed E-state index contributed by atoms with van der Waals surface area (Å²) < 4.78 is 5.88. The Labute approximate surface area is 146 Å². The molecule has 0 aliphatic carbocycles. The summed E-state index contributed by atoms with van der Waals surface area (Å²) in [4.78, 5) is 4.13.